The number of nitrogens with zero attached hydrogens (tertiary/aromatic N) is 3. The third-order valence-electron chi connectivity index (χ3n) is 3.74. The summed E-state index contributed by atoms with van der Waals surface area (Å²) < 4.78 is 2.00. The highest BCUT2D eigenvalue weighted by Gasteiger charge is 2.27. The Kier molecular flexibility index (Phi) is 5.27. The van der Waals surface area contributed by atoms with Crippen molar-refractivity contribution in [2.75, 3.05) is 25.1 Å². The van der Waals surface area contributed by atoms with Gasteiger partial charge in [0.25, 0.3) is 0 Å². The van der Waals surface area contributed by atoms with Crippen LogP contribution in [0.2, 0.25) is 0 Å². The number of thioether (sulfide) groups is 1. The van der Waals surface area contributed by atoms with Crippen molar-refractivity contribution in [3.05, 3.63) is 18.0 Å². The lowest BCUT2D eigenvalue weighted by molar-refractivity contribution is 0.213. The number of hydrogen-bond donors (Lipinski definition) is 2. The highest BCUT2D eigenvalue weighted by atomic mass is 32.2. The summed E-state index contributed by atoms with van der Waals surface area (Å²) in [5.41, 5.74) is 4.10. The molecular formula is C13H25N5S. The summed E-state index contributed by atoms with van der Waals surface area (Å²) in [5, 5.41) is 4.61. The van der Waals surface area contributed by atoms with Crippen LogP contribution in [0.3, 0.4) is 0 Å². The van der Waals surface area contributed by atoms with Gasteiger partial charge in [-0.3, -0.25) is 16.0 Å². The molecule has 1 fully saturated rings. The summed E-state index contributed by atoms with van der Waals surface area (Å²) in [4.78, 5) is 2.40. The van der Waals surface area contributed by atoms with Crippen molar-refractivity contribution < 1.29 is 0 Å². The third kappa shape index (κ3) is 3.72. The summed E-state index contributed by atoms with van der Waals surface area (Å²) in [6, 6.07) is 3.24. The Morgan fingerprint density at radius 3 is 2.95 bits per heavy atom. The second-order valence-corrected chi connectivity index (χ2v) is 6.63. The molecule has 0 spiro atoms. The van der Waals surface area contributed by atoms with Crippen molar-refractivity contribution in [1.82, 2.24) is 20.1 Å². The first-order chi connectivity index (χ1) is 9.11. The SMILES string of the molecule is CC(C)n1ccc(CC(NN)C2CSCCN2C)n1. The van der Waals surface area contributed by atoms with E-state index in [0.29, 0.717) is 12.1 Å². The van der Waals surface area contributed by atoms with Crippen molar-refractivity contribution in [2.24, 2.45) is 5.84 Å². The average Bonchev–Trinajstić information content (AvgIpc) is 2.86. The maximum absolute atomic E-state index is 5.76. The van der Waals surface area contributed by atoms with E-state index in [4.69, 9.17) is 5.84 Å². The van der Waals surface area contributed by atoms with Gasteiger partial charge < -0.3 is 4.90 Å². The monoisotopic (exact) mass is 283 g/mol. The molecule has 0 bridgehead atoms. The zero-order valence-electron chi connectivity index (χ0n) is 12.0. The molecule has 1 aromatic heterocycles. The number of nitrogens with two attached hydrogens (primary N) is 1. The second-order valence-electron chi connectivity index (χ2n) is 5.48. The van der Waals surface area contributed by atoms with Crippen LogP contribution in [0.15, 0.2) is 12.3 Å². The Morgan fingerprint density at radius 2 is 2.37 bits per heavy atom. The van der Waals surface area contributed by atoms with E-state index >= 15 is 0 Å². The van der Waals surface area contributed by atoms with Crippen molar-refractivity contribution >= 4 is 11.8 Å². The summed E-state index contributed by atoms with van der Waals surface area (Å²) in [6.07, 6.45) is 2.93. The van der Waals surface area contributed by atoms with Crippen LogP contribution in [0, 0.1) is 0 Å². The molecule has 1 aromatic rings. The Labute approximate surface area is 119 Å². The highest BCUT2D eigenvalue weighted by molar-refractivity contribution is 7.99. The lowest BCUT2D eigenvalue weighted by Gasteiger charge is -2.37. The lowest BCUT2D eigenvalue weighted by atomic mass is 10.0. The molecule has 1 aliphatic rings. The fourth-order valence-electron chi connectivity index (χ4n) is 2.43. The van der Waals surface area contributed by atoms with E-state index in [-0.39, 0.29) is 6.04 Å². The van der Waals surface area contributed by atoms with Crippen molar-refractivity contribution in [1.29, 1.82) is 0 Å². The first kappa shape index (κ1) is 14.8. The Morgan fingerprint density at radius 1 is 1.58 bits per heavy atom. The molecular weight excluding hydrogens is 258 g/mol. The Bertz CT molecular complexity index is 392. The summed E-state index contributed by atoms with van der Waals surface area (Å²) in [5.74, 6) is 8.11. The minimum Gasteiger partial charge on any atom is -0.300 e. The number of rotatable bonds is 5. The van der Waals surface area contributed by atoms with Gasteiger partial charge in [-0.25, -0.2) is 0 Å². The van der Waals surface area contributed by atoms with Gasteiger partial charge in [-0.15, -0.1) is 0 Å². The lowest BCUT2D eigenvalue weighted by Crippen LogP contribution is -2.55. The number of aromatic nitrogens is 2. The van der Waals surface area contributed by atoms with Crippen molar-refractivity contribution in [2.45, 2.75) is 38.4 Å². The molecule has 2 heterocycles. The Hall–Kier alpha value is -0.560. The number of nitrogens with one attached hydrogen (secondary N) is 1. The first-order valence-corrected chi connectivity index (χ1v) is 8.05. The molecule has 19 heavy (non-hydrogen) atoms. The van der Waals surface area contributed by atoms with Gasteiger partial charge >= 0.3 is 0 Å². The smallest absolute Gasteiger partial charge is 0.0641 e. The van der Waals surface area contributed by atoms with E-state index in [1.54, 1.807) is 0 Å². The molecule has 2 unspecified atom stereocenters. The van der Waals surface area contributed by atoms with Crippen LogP contribution >= 0.6 is 11.8 Å². The highest BCUT2D eigenvalue weighted by Crippen LogP contribution is 2.19. The largest absolute Gasteiger partial charge is 0.300 e. The van der Waals surface area contributed by atoms with Crippen LogP contribution in [0.5, 0.6) is 0 Å². The summed E-state index contributed by atoms with van der Waals surface area (Å²) >= 11 is 2.01. The molecule has 108 valence electrons. The molecule has 0 radical (unpaired) electrons. The topological polar surface area (TPSA) is 59.1 Å². The van der Waals surface area contributed by atoms with Gasteiger partial charge in [0.15, 0.2) is 0 Å². The van der Waals surface area contributed by atoms with Crippen LogP contribution in [-0.2, 0) is 6.42 Å². The number of likely N-dealkylation sites (N-methyl/N-ethyl adjacent to an activating group) is 1. The van der Waals surface area contributed by atoms with Crippen LogP contribution < -0.4 is 11.3 Å². The predicted molar refractivity (Wildman–Crippen MR) is 81.2 cm³/mol. The normalized spacial score (nSPS) is 22.9. The second kappa shape index (κ2) is 6.74. The minimum atomic E-state index is 0.258. The molecule has 2 atom stereocenters. The molecule has 0 aliphatic carbocycles. The fraction of sp³-hybridized carbons (Fsp3) is 0.769. The predicted octanol–water partition coefficient (Wildman–Crippen LogP) is 0.886. The molecule has 0 aromatic carbocycles. The van der Waals surface area contributed by atoms with Gasteiger partial charge in [-0.2, -0.15) is 16.9 Å². The standard InChI is InChI=1S/C13H25N5S/c1-10(2)18-5-4-11(16-18)8-12(15-14)13-9-19-7-6-17(13)3/h4-5,10,12-13,15H,6-9,14H2,1-3H3. The van der Waals surface area contributed by atoms with Crippen LogP contribution in [0.4, 0.5) is 0 Å². The van der Waals surface area contributed by atoms with E-state index < -0.39 is 0 Å². The molecule has 3 N–H and O–H groups in total. The maximum atomic E-state index is 5.76. The van der Waals surface area contributed by atoms with Gasteiger partial charge in [0.2, 0.25) is 0 Å². The molecule has 0 amide bonds. The quantitative estimate of drug-likeness (QED) is 0.621. The van der Waals surface area contributed by atoms with E-state index in [2.05, 4.69) is 42.4 Å². The zero-order chi connectivity index (χ0) is 13.8. The van der Waals surface area contributed by atoms with Crippen LogP contribution in [-0.4, -0.2) is 51.9 Å². The van der Waals surface area contributed by atoms with Gasteiger partial charge in [0, 0.05) is 48.8 Å². The van der Waals surface area contributed by atoms with E-state index in [9.17, 15) is 0 Å². The van der Waals surface area contributed by atoms with E-state index in [1.807, 2.05) is 22.6 Å². The Balaban J connectivity index is 2.01. The zero-order valence-corrected chi connectivity index (χ0v) is 12.9. The molecule has 1 saturated heterocycles. The van der Waals surface area contributed by atoms with Crippen molar-refractivity contribution in [3.63, 3.8) is 0 Å². The molecule has 5 nitrogen and oxygen atoms in total. The van der Waals surface area contributed by atoms with Gasteiger partial charge in [-0.05, 0) is 27.0 Å². The van der Waals surface area contributed by atoms with E-state index in [0.717, 1.165) is 24.4 Å². The maximum Gasteiger partial charge on any atom is 0.0641 e. The van der Waals surface area contributed by atoms with Crippen LogP contribution in [0.25, 0.3) is 0 Å². The van der Waals surface area contributed by atoms with Gasteiger partial charge in [0.05, 0.1) is 5.69 Å². The summed E-state index contributed by atoms with van der Waals surface area (Å²) in [7, 11) is 2.18. The van der Waals surface area contributed by atoms with Gasteiger partial charge in [0.1, 0.15) is 0 Å². The molecule has 0 saturated carbocycles. The van der Waals surface area contributed by atoms with Gasteiger partial charge in [-0.1, -0.05) is 0 Å². The summed E-state index contributed by atoms with van der Waals surface area (Å²) in [6.45, 7) is 5.41. The minimum absolute atomic E-state index is 0.258. The fourth-order valence-corrected chi connectivity index (χ4v) is 3.75. The first-order valence-electron chi connectivity index (χ1n) is 6.90. The molecule has 6 heteroatoms. The molecule has 1 aliphatic heterocycles. The molecule has 2 rings (SSSR count). The van der Waals surface area contributed by atoms with E-state index in [1.165, 1.54) is 5.75 Å². The average molecular weight is 283 g/mol. The van der Waals surface area contributed by atoms with Crippen LogP contribution in [0.1, 0.15) is 25.6 Å². The number of hydrazine groups is 1. The number of hydrogen-bond acceptors (Lipinski definition) is 5. The third-order valence-corrected chi connectivity index (χ3v) is 4.79. The van der Waals surface area contributed by atoms with Crippen molar-refractivity contribution in [3.8, 4) is 0 Å².